The average Bonchev–Trinajstić information content (AvgIpc) is 2.47. The van der Waals surface area contributed by atoms with Gasteiger partial charge in [0.25, 0.3) is 0 Å². The van der Waals surface area contributed by atoms with Gasteiger partial charge in [-0.05, 0) is 61.4 Å². The summed E-state index contributed by atoms with van der Waals surface area (Å²) in [5.74, 6) is 0.905. The molecule has 0 amide bonds. The van der Waals surface area contributed by atoms with Gasteiger partial charge in [-0.2, -0.15) is 0 Å². The molecule has 3 heteroatoms. The van der Waals surface area contributed by atoms with Gasteiger partial charge in [-0.3, -0.25) is 4.90 Å². The zero-order valence-corrected chi connectivity index (χ0v) is 14.0. The summed E-state index contributed by atoms with van der Waals surface area (Å²) in [4.78, 5) is 2.52. The maximum Gasteiger partial charge on any atom is 0.115 e. The molecule has 1 aliphatic heterocycles. The quantitative estimate of drug-likeness (QED) is 0.923. The molecule has 0 aromatic heterocycles. The average molecular weight is 291 g/mol. The molecule has 1 heterocycles. The second-order valence-corrected chi connectivity index (χ2v) is 6.72. The number of phenolic OH excluding ortho intramolecular Hbond substituents is 1. The number of ether oxygens (including phenoxy) is 1. The van der Waals surface area contributed by atoms with Gasteiger partial charge in [0, 0.05) is 19.7 Å². The SMILES string of the molecule is COCCN1CC[C@@](C)(c2cc(O)ccc2C)[C@@H](C)[C@H]1C. The Bertz CT molecular complexity index is 488. The predicted octanol–water partition coefficient (Wildman–Crippen LogP) is 3.34. The van der Waals surface area contributed by atoms with Gasteiger partial charge in [0.1, 0.15) is 5.75 Å². The number of phenols is 1. The normalized spacial score (nSPS) is 30.5. The Morgan fingerprint density at radius 2 is 2.10 bits per heavy atom. The van der Waals surface area contributed by atoms with Crippen LogP contribution in [0.1, 0.15) is 38.3 Å². The molecule has 1 aromatic rings. The van der Waals surface area contributed by atoms with E-state index < -0.39 is 0 Å². The van der Waals surface area contributed by atoms with Crippen molar-refractivity contribution in [1.82, 2.24) is 4.90 Å². The Kier molecular flexibility index (Phi) is 4.95. The van der Waals surface area contributed by atoms with Gasteiger partial charge in [-0.15, -0.1) is 0 Å². The summed E-state index contributed by atoms with van der Waals surface area (Å²) in [6, 6.07) is 6.29. The van der Waals surface area contributed by atoms with Crippen molar-refractivity contribution in [2.75, 3.05) is 26.8 Å². The van der Waals surface area contributed by atoms with Crippen molar-refractivity contribution in [2.24, 2.45) is 5.92 Å². The van der Waals surface area contributed by atoms with Crippen LogP contribution in [0.4, 0.5) is 0 Å². The second kappa shape index (κ2) is 6.37. The minimum Gasteiger partial charge on any atom is -0.508 e. The third-order valence-corrected chi connectivity index (χ3v) is 5.64. The van der Waals surface area contributed by atoms with E-state index in [0.717, 1.165) is 26.1 Å². The molecule has 1 aliphatic rings. The number of hydrogen-bond donors (Lipinski definition) is 1. The van der Waals surface area contributed by atoms with Gasteiger partial charge >= 0.3 is 0 Å². The van der Waals surface area contributed by atoms with E-state index in [-0.39, 0.29) is 5.41 Å². The van der Waals surface area contributed by atoms with Crippen LogP contribution in [-0.4, -0.2) is 42.9 Å². The largest absolute Gasteiger partial charge is 0.508 e. The van der Waals surface area contributed by atoms with Crippen molar-refractivity contribution in [2.45, 2.75) is 45.6 Å². The van der Waals surface area contributed by atoms with Crippen LogP contribution in [0, 0.1) is 12.8 Å². The fourth-order valence-corrected chi connectivity index (χ4v) is 3.78. The van der Waals surface area contributed by atoms with E-state index in [0.29, 0.717) is 17.7 Å². The van der Waals surface area contributed by atoms with Crippen molar-refractivity contribution in [3.63, 3.8) is 0 Å². The van der Waals surface area contributed by atoms with Crippen LogP contribution >= 0.6 is 0 Å². The van der Waals surface area contributed by atoms with Gasteiger partial charge in [0.05, 0.1) is 6.61 Å². The van der Waals surface area contributed by atoms with E-state index in [1.165, 1.54) is 11.1 Å². The summed E-state index contributed by atoms with van der Waals surface area (Å²) in [7, 11) is 1.76. The summed E-state index contributed by atoms with van der Waals surface area (Å²) in [5, 5.41) is 9.88. The number of benzene rings is 1. The van der Waals surface area contributed by atoms with Crippen molar-refractivity contribution in [3.8, 4) is 5.75 Å². The molecule has 3 nitrogen and oxygen atoms in total. The Morgan fingerprint density at radius 3 is 2.76 bits per heavy atom. The topological polar surface area (TPSA) is 32.7 Å². The highest BCUT2D eigenvalue weighted by atomic mass is 16.5. The van der Waals surface area contributed by atoms with Gasteiger partial charge in [0.15, 0.2) is 0 Å². The van der Waals surface area contributed by atoms with Crippen LogP contribution in [-0.2, 0) is 10.2 Å². The smallest absolute Gasteiger partial charge is 0.115 e. The first-order valence-electron chi connectivity index (χ1n) is 7.93. The van der Waals surface area contributed by atoms with Crippen LogP contribution in [0.5, 0.6) is 5.75 Å². The second-order valence-electron chi connectivity index (χ2n) is 6.72. The van der Waals surface area contributed by atoms with Gasteiger partial charge in [-0.1, -0.05) is 19.9 Å². The van der Waals surface area contributed by atoms with Crippen LogP contribution in [0.15, 0.2) is 18.2 Å². The Balaban J connectivity index is 2.26. The lowest BCUT2D eigenvalue weighted by Gasteiger charge is -2.50. The van der Waals surface area contributed by atoms with Crippen LogP contribution < -0.4 is 0 Å². The number of likely N-dealkylation sites (tertiary alicyclic amines) is 1. The first-order chi connectivity index (χ1) is 9.90. The first kappa shape index (κ1) is 16.3. The summed E-state index contributed by atoms with van der Waals surface area (Å²) < 4.78 is 5.22. The lowest BCUT2D eigenvalue weighted by molar-refractivity contribution is 0.0336. The molecule has 0 unspecified atom stereocenters. The van der Waals surface area contributed by atoms with Gasteiger partial charge in [0.2, 0.25) is 0 Å². The number of methoxy groups -OCH3 is 1. The summed E-state index contributed by atoms with van der Waals surface area (Å²) in [5.41, 5.74) is 2.69. The highest BCUT2D eigenvalue weighted by Crippen LogP contribution is 2.44. The fourth-order valence-electron chi connectivity index (χ4n) is 3.78. The third-order valence-electron chi connectivity index (χ3n) is 5.64. The molecule has 1 fully saturated rings. The zero-order valence-electron chi connectivity index (χ0n) is 14.0. The molecular formula is C18H29NO2. The standard InChI is InChI=1S/C18H29NO2/c1-13-6-7-16(20)12-17(13)18(4)8-9-19(10-11-21-5)15(3)14(18)2/h6-7,12,14-15,20H,8-11H2,1-5H3/t14-,15+,18+/m0/s1. The van der Waals surface area contributed by atoms with Crippen molar-refractivity contribution >= 4 is 0 Å². The first-order valence-corrected chi connectivity index (χ1v) is 7.93. The number of aromatic hydroxyl groups is 1. The number of aryl methyl sites for hydroxylation is 1. The molecule has 3 atom stereocenters. The molecule has 0 radical (unpaired) electrons. The van der Waals surface area contributed by atoms with Crippen LogP contribution in [0.2, 0.25) is 0 Å². The maximum atomic E-state index is 9.88. The molecule has 0 saturated carbocycles. The number of piperidine rings is 1. The molecule has 2 rings (SSSR count). The predicted molar refractivity (Wildman–Crippen MR) is 86.9 cm³/mol. The zero-order chi connectivity index (χ0) is 15.6. The Labute approximate surface area is 128 Å². The molecule has 1 N–H and O–H groups in total. The third kappa shape index (κ3) is 3.09. The minimum absolute atomic E-state index is 0.117. The Morgan fingerprint density at radius 1 is 1.38 bits per heavy atom. The van der Waals surface area contributed by atoms with E-state index in [1.54, 1.807) is 13.2 Å². The van der Waals surface area contributed by atoms with E-state index in [1.807, 2.05) is 12.1 Å². The highest BCUT2D eigenvalue weighted by molar-refractivity contribution is 5.40. The van der Waals surface area contributed by atoms with E-state index >= 15 is 0 Å². The van der Waals surface area contributed by atoms with E-state index in [9.17, 15) is 5.11 Å². The maximum absolute atomic E-state index is 9.88. The van der Waals surface area contributed by atoms with Crippen molar-refractivity contribution in [3.05, 3.63) is 29.3 Å². The molecule has 0 aliphatic carbocycles. The lowest BCUT2D eigenvalue weighted by Crippen LogP contribution is -2.53. The highest BCUT2D eigenvalue weighted by Gasteiger charge is 2.42. The van der Waals surface area contributed by atoms with Crippen LogP contribution in [0.3, 0.4) is 0 Å². The molecule has 118 valence electrons. The van der Waals surface area contributed by atoms with Crippen molar-refractivity contribution in [1.29, 1.82) is 0 Å². The number of nitrogens with zero attached hydrogens (tertiary/aromatic N) is 1. The number of hydrogen-bond acceptors (Lipinski definition) is 3. The van der Waals surface area contributed by atoms with E-state index in [2.05, 4.69) is 32.6 Å². The Hall–Kier alpha value is -1.06. The van der Waals surface area contributed by atoms with Gasteiger partial charge < -0.3 is 9.84 Å². The molecule has 21 heavy (non-hydrogen) atoms. The van der Waals surface area contributed by atoms with Crippen LogP contribution in [0.25, 0.3) is 0 Å². The fraction of sp³-hybridized carbons (Fsp3) is 0.667. The number of rotatable bonds is 4. The summed E-state index contributed by atoms with van der Waals surface area (Å²) in [6.45, 7) is 12.0. The monoisotopic (exact) mass is 291 g/mol. The minimum atomic E-state index is 0.117. The molecule has 1 aromatic carbocycles. The summed E-state index contributed by atoms with van der Waals surface area (Å²) >= 11 is 0. The summed E-state index contributed by atoms with van der Waals surface area (Å²) in [6.07, 6.45) is 1.12. The van der Waals surface area contributed by atoms with Gasteiger partial charge in [-0.25, -0.2) is 0 Å². The molecule has 0 spiro atoms. The molecule has 0 bridgehead atoms. The lowest BCUT2D eigenvalue weighted by atomic mass is 9.64. The molecule has 1 saturated heterocycles. The van der Waals surface area contributed by atoms with Crippen molar-refractivity contribution < 1.29 is 9.84 Å². The van der Waals surface area contributed by atoms with E-state index in [4.69, 9.17) is 4.74 Å². The molecular weight excluding hydrogens is 262 g/mol.